The molecule has 0 spiro atoms. The van der Waals surface area contributed by atoms with Gasteiger partial charge in [-0.2, -0.15) is 0 Å². The van der Waals surface area contributed by atoms with E-state index in [1.54, 1.807) is 32.4 Å². The maximum atomic E-state index is 12.4. The van der Waals surface area contributed by atoms with Gasteiger partial charge in [0.2, 0.25) is 11.8 Å². The quantitative estimate of drug-likeness (QED) is 0.689. The van der Waals surface area contributed by atoms with Crippen molar-refractivity contribution in [2.24, 2.45) is 0 Å². The van der Waals surface area contributed by atoms with Crippen molar-refractivity contribution >= 4 is 23.6 Å². The van der Waals surface area contributed by atoms with Crippen LogP contribution in [0.25, 0.3) is 6.08 Å². The molecule has 0 aliphatic carbocycles. The molecule has 29 heavy (non-hydrogen) atoms. The molecule has 0 saturated heterocycles. The maximum absolute atomic E-state index is 12.4. The predicted molar refractivity (Wildman–Crippen MR) is 115 cm³/mol. The van der Waals surface area contributed by atoms with Crippen LogP contribution in [0.4, 0.5) is 5.69 Å². The van der Waals surface area contributed by atoms with Crippen molar-refractivity contribution in [3.63, 3.8) is 0 Å². The summed E-state index contributed by atoms with van der Waals surface area (Å²) in [5.41, 5.74) is 3.67. The Bertz CT molecular complexity index is 906. The van der Waals surface area contributed by atoms with E-state index in [1.165, 1.54) is 11.0 Å². The van der Waals surface area contributed by atoms with E-state index in [1.807, 2.05) is 45.0 Å². The monoisotopic (exact) mass is 396 g/mol. The molecule has 0 atom stereocenters. The van der Waals surface area contributed by atoms with Crippen molar-refractivity contribution in [3.8, 4) is 11.5 Å². The van der Waals surface area contributed by atoms with Crippen LogP contribution in [0.15, 0.2) is 42.5 Å². The number of likely N-dealkylation sites (N-methyl/N-ethyl adjacent to an activating group) is 1. The second-order valence-corrected chi connectivity index (χ2v) is 6.67. The molecule has 0 unspecified atom stereocenters. The molecule has 0 aliphatic rings. The average Bonchev–Trinajstić information content (AvgIpc) is 2.70. The van der Waals surface area contributed by atoms with E-state index < -0.39 is 0 Å². The summed E-state index contributed by atoms with van der Waals surface area (Å²) in [5, 5.41) is 2.86. The van der Waals surface area contributed by atoms with E-state index in [9.17, 15) is 9.59 Å². The fourth-order valence-corrected chi connectivity index (χ4v) is 2.73. The van der Waals surface area contributed by atoms with E-state index in [4.69, 9.17) is 9.47 Å². The first-order chi connectivity index (χ1) is 13.8. The molecule has 0 aromatic heterocycles. The predicted octanol–water partition coefficient (Wildman–Crippen LogP) is 3.82. The Kier molecular flexibility index (Phi) is 7.83. The lowest BCUT2D eigenvalue weighted by atomic mass is 10.1. The summed E-state index contributed by atoms with van der Waals surface area (Å²) in [6, 6.07) is 11.2. The van der Waals surface area contributed by atoms with Crippen LogP contribution in [0.1, 0.15) is 23.6 Å². The summed E-state index contributed by atoms with van der Waals surface area (Å²) in [7, 11) is 3.16. The van der Waals surface area contributed by atoms with Gasteiger partial charge in [0.25, 0.3) is 0 Å². The first-order valence-electron chi connectivity index (χ1n) is 9.45. The number of aryl methyl sites for hydroxylation is 1. The third-order valence-electron chi connectivity index (χ3n) is 4.54. The highest BCUT2D eigenvalue weighted by Crippen LogP contribution is 2.28. The number of nitrogens with zero attached hydrogens (tertiary/aromatic N) is 1. The van der Waals surface area contributed by atoms with Gasteiger partial charge in [-0.25, -0.2) is 0 Å². The summed E-state index contributed by atoms with van der Waals surface area (Å²) < 4.78 is 10.8. The molecule has 154 valence electrons. The van der Waals surface area contributed by atoms with Crippen molar-refractivity contribution in [1.82, 2.24) is 4.90 Å². The number of ether oxygens (including phenoxy) is 2. The maximum Gasteiger partial charge on any atom is 0.246 e. The van der Waals surface area contributed by atoms with Crippen molar-refractivity contribution in [1.29, 1.82) is 0 Å². The van der Waals surface area contributed by atoms with E-state index in [2.05, 4.69) is 5.32 Å². The minimum absolute atomic E-state index is 0.0385. The highest BCUT2D eigenvalue weighted by molar-refractivity contribution is 5.98. The molecule has 2 rings (SSSR count). The number of benzene rings is 2. The first-order valence-corrected chi connectivity index (χ1v) is 9.45. The van der Waals surface area contributed by atoms with Gasteiger partial charge in [-0.1, -0.05) is 18.2 Å². The van der Waals surface area contributed by atoms with E-state index >= 15 is 0 Å². The number of nitrogens with one attached hydrogen (secondary N) is 1. The van der Waals surface area contributed by atoms with Gasteiger partial charge in [-0.3, -0.25) is 9.59 Å². The molecular weight excluding hydrogens is 368 g/mol. The Morgan fingerprint density at radius 3 is 2.59 bits per heavy atom. The van der Waals surface area contributed by atoms with Crippen molar-refractivity contribution in [3.05, 3.63) is 59.2 Å². The summed E-state index contributed by atoms with van der Waals surface area (Å²) in [5.74, 6) is 0.737. The van der Waals surface area contributed by atoms with E-state index in [-0.39, 0.29) is 18.4 Å². The van der Waals surface area contributed by atoms with Crippen LogP contribution in [-0.4, -0.2) is 44.0 Å². The molecule has 0 heterocycles. The van der Waals surface area contributed by atoms with Gasteiger partial charge in [0.15, 0.2) is 11.5 Å². The third-order valence-corrected chi connectivity index (χ3v) is 4.54. The molecule has 0 aliphatic heterocycles. The standard InChI is InChI=1S/C23H28N2O4/c1-6-29-20-12-10-18(14-21(20)28-5)11-13-23(27)25(4)15-22(26)24-19-9-7-8-16(2)17(19)3/h7-14H,6,15H2,1-5H3,(H,24,26)/b13-11+. The lowest BCUT2D eigenvalue weighted by molar-refractivity contribution is -0.129. The largest absolute Gasteiger partial charge is 0.493 e. The topological polar surface area (TPSA) is 67.9 Å². The van der Waals surface area contributed by atoms with Gasteiger partial charge >= 0.3 is 0 Å². The second kappa shape index (κ2) is 10.3. The Morgan fingerprint density at radius 1 is 1.14 bits per heavy atom. The molecule has 1 N–H and O–H groups in total. The fraction of sp³-hybridized carbons (Fsp3) is 0.304. The van der Waals surface area contributed by atoms with Crippen molar-refractivity contribution in [2.75, 3.05) is 32.6 Å². The summed E-state index contributed by atoms with van der Waals surface area (Å²) in [6.07, 6.45) is 3.11. The van der Waals surface area contributed by atoms with Gasteiger partial charge in [-0.15, -0.1) is 0 Å². The van der Waals surface area contributed by atoms with Gasteiger partial charge in [0.05, 0.1) is 20.3 Å². The molecule has 0 fully saturated rings. The number of anilines is 1. The molecule has 0 bridgehead atoms. The Labute approximate surface area is 172 Å². The van der Waals surface area contributed by atoms with Crippen molar-refractivity contribution in [2.45, 2.75) is 20.8 Å². The average molecular weight is 396 g/mol. The number of carbonyl (C=O) groups is 2. The number of methoxy groups -OCH3 is 1. The smallest absolute Gasteiger partial charge is 0.246 e. The van der Waals surface area contributed by atoms with Gasteiger partial charge in [-0.05, 0) is 61.7 Å². The minimum atomic E-state index is -0.269. The number of carbonyl (C=O) groups excluding carboxylic acids is 2. The number of rotatable bonds is 8. The SMILES string of the molecule is CCOc1ccc(/C=C/C(=O)N(C)CC(=O)Nc2cccc(C)c2C)cc1OC. The Morgan fingerprint density at radius 2 is 1.90 bits per heavy atom. The van der Waals surface area contributed by atoms with Crippen LogP contribution in [0.3, 0.4) is 0 Å². The van der Waals surface area contributed by atoms with Crippen LogP contribution in [-0.2, 0) is 9.59 Å². The zero-order valence-corrected chi connectivity index (χ0v) is 17.6. The second-order valence-electron chi connectivity index (χ2n) is 6.67. The summed E-state index contributed by atoms with van der Waals surface area (Å²) in [6.45, 7) is 6.34. The first kappa shape index (κ1) is 22.0. The normalized spacial score (nSPS) is 10.7. The number of hydrogen-bond donors (Lipinski definition) is 1. The van der Waals surface area contributed by atoms with Crippen LogP contribution in [0, 0.1) is 13.8 Å². The van der Waals surface area contributed by atoms with Crippen LogP contribution in [0.2, 0.25) is 0 Å². The molecule has 2 aromatic rings. The summed E-state index contributed by atoms with van der Waals surface area (Å²) in [4.78, 5) is 26.0. The number of amides is 2. The van der Waals surface area contributed by atoms with Crippen LogP contribution in [0.5, 0.6) is 11.5 Å². The lowest BCUT2D eigenvalue weighted by Crippen LogP contribution is -2.34. The molecule has 2 amide bonds. The lowest BCUT2D eigenvalue weighted by Gasteiger charge is -2.16. The van der Waals surface area contributed by atoms with Gasteiger partial charge in [0, 0.05) is 18.8 Å². The third kappa shape index (κ3) is 6.10. The summed E-state index contributed by atoms with van der Waals surface area (Å²) >= 11 is 0. The zero-order valence-electron chi connectivity index (χ0n) is 17.6. The van der Waals surface area contributed by atoms with Crippen molar-refractivity contribution < 1.29 is 19.1 Å². The van der Waals surface area contributed by atoms with Gasteiger partial charge < -0.3 is 19.7 Å². The Hall–Kier alpha value is -3.28. The molecule has 0 radical (unpaired) electrons. The molecule has 6 heteroatoms. The highest BCUT2D eigenvalue weighted by atomic mass is 16.5. The molecule has 2 aromatic carbocycles. The molecular formula is C23H28N2O4. The van der Waals surface area contributed by atoms with Gasteiger partial charge in [0.1, 0.15) is 0 Å². The molecule has 0 saturated carbocycles. The minimum Gasteiger partial charge on any atom is -0.493 e. The van der Waals surface area contributed by atoms with Crippen LogP contribution < -0.4 is 14.8 Å². The fourth-order valence-electron chi connectivity index (χ4n) is 2.73. The molecule has 6 nitrogen and oxygen atoms in total. The number of hydrogen-bond acceptors (Lipinski definition) is 4. The zero-order chi connectivity index (χ0) is 21.4. The highest BCUT2D eigenvalue weighted by Gasteiger charge is 2.12. The Balaban J connectivity index is 1.97. The van der Waals surface area contributed by atoms with Crippen LogP contribution >= 0.6 is 0 Å². The van der Waals surface area contributed by atoms with E-state index in [0.717, 1.165) is 22.4 Å². The van der Waals surface area contributed by atoms with E-state index in [0.29, 0.717) is 18.1 Å².